The molecular weight excluding hydrogens is 477 g/mol. The van der Waals surface area contributed by atoms with Crippen LogP contribution in [-0.4, -0.2) is 28.6 Å². The number of hydrogen-bond donors (Lipinski definition) is 2. The number of aryl methyl sites for hydroxylation is 1. The van der Waals surface area contributed by atoms with Crippen LogP contribution in [0.1, 0.15) is 45.8 Å². The SMILES string of the molecule is CCNC(=NCc1ncc(C(C)(C)C)o1)NCCCn1ccc2ccccc21.I. The fourth-order valence-electron chi connectivity index (χ4n) is 3.01. The highest BCUT2D eigenvalue weighted by Crippen LogP contribution is 2.22. The average molecular weight is 509 g/mol. The molecule has 0 bridgehead atoms. The molecule has 2 heterocycles. The van der Waals surface area contributed by atoms with Gasteiger partial charge in [-0.2, -0.15) is 0 Å². The van der Waals surface area contributed by atoms with Crippen LogP contribution < -0.4 is 10.6 Å². The standard InChI is InChI=1S/C22H31N5O.HI/c1-5-23-21(26-16-20-25-15-19(28-20)22(2,3)4)24-12-8-13-27-14-11-17-9-6-7-10-18(17)27;/h6-7,9-11,14-15H,5,8,12-13,16H2,1-4H3,(H2,23,24,26);1H. The lowest BCUT2D eigenvalue weighted by molar-refractivity contribution is 0.383. The van der Waals surface area contributed by atoms with Crippen LogP contribution in [-0.2, 0) is 18.5 Å². The number of hydrogen-bond acceptors (Lipinski definition) is 3. The fourth-order valence-corrected chi connectivity index (χ4v) is 3.01. The van der Waals surface area contributed by atoms with Crippen molar-refractivity contribution in [2.24, 2.45) is 4.99 Å². The fraction of sp³-hybridized carbons (Fsp3) is 0.455. The number of fused-ring (bicyclic) bond motifs is 1. The molecule has 0 spiro atoms. The van der Waals surface area contributed by atoms with Crippen molar-refractivity contribution in [1.82, 2.24) is 20.2 Å². The molecule has 0 aliphatic heterocycles. The Kier molecular flexibility index (Phi) is 8.55. The van der Waals surface area contributed by atoms with Crippen molar-refractivity contribution < 1.29 is 4.42 Å². The van der Waals surface area contributed by atoms with E-state index in [9.17, 15) is 0 Å². The van der Waals surface area contributed by atoms with Crippen LogP contribution in [0.25, 0.3) is 10.9 Å². The van der Waals surface area contributed by atoms with Crippen LogP contribution in [0.15, 0.2) is 52.1 Å². The second-order valence-electron chi connectivity index (χ2n) is 7.91. The molecule has 0 aliphatic rings. The molecule has 0 radical (unpaired) electrons. The van der Waals surface area contributed by atoms with Crippen molar-refractivity contribution in [1.29, 1.82) is 0 Å². The number of aromatic nitrogens is 2. The quantitative estimate of drug-likeness (QED) is 0.210. The van der Waals surface area contributed by atoms with Crippen LogP contribution in [0.4, 0.5) is 0 Å². The molecule has 158 valence electrons. The van der Waals surface area contributed by atoms with Gasteiger partial charge in [0, 0.05) is 36.8 Å². The maximum absolute atomic E-state index is 5.82. The molecule has 7 heteroatoms. The van der Waals surface area contributed by atoms with E-state index in [2.05, 4.69) is 89.4 Å². The highest BCUT2D eigenvalue weighted by molar-refractivity contribution is 14.0. The summed E-state index contributed by atoms with van der Waals surface area (Å²) in [6, 6.07) is 10.6. The lowest BCUT2D eigenvalue weighted by Crippen LogP contribution is -2.38. The average Bonchev–Trinajstić information content (AvgIpc) is 3.30. The highest BCUT2D eigenvalue weighted by atomic mass is 127. The number of nitrogens with zero attached hydrogens (tertiary/aromatic N) is 3. The third-order valence-corrected chi connectivity index (χ3v) is 4.56. The second-order valence-corrected chi connectivity index (χ2v) is 7.91. The molecule has 6 nitrogen and oxygen atoms in total. The van der Waals surface area contributed by atoms with E-state index < -0.39 is 0 Å². The zero-order chi connectivity index (χ0) is 20.0. The summed E-state index contributed by atoms with van der Waals surface area (Å²) in [7, 11) is 0. The van der Waals surface area contributed by atoms with Gasteiger partial charge in [-0.3, -0.25) is 0 Å². The third kappa shape index (κ3) is 6.48. The molecule has 0 fully saturated rings. The Morgan fingerprint density at radius 3 is 2.69 bits per heavy atom. The second kappa shape index (κ2) is 10.7. The predicted molar refractivity (Wildman–Crippen MR) is 130 cm³/mol. The van der Waals surface area contributed by atoms with Gasteiger partial charge in [0.15, 0.2) is 5.96 Å². The van der Waals surface area contributed by atoms with Gasteiger partial charge in [-0.15, -0.1) is 24.0 Å². The maximum Gasteiger partial charge on any atom is 0.216 e. The van der Waals surface area contributed by atoms with E-state index in [1.807, 2.05) is 0 Å². The Hall–Kier alpha value is -2.03. The number of guanidine groups is 1. The van der Waals surface area contributed by atoms with Gasteiger partial charge in [-0.25, -0.2) is 9.98 Å². The summed E-state index contributed by atoms with van der Waals surface area (Å²) in [6.45, 7) is 11.4. The minimum Gasteiger partial charge on any atom is -0.443 e. The summed E-state index contributed by atoms with van der Waals surface area (Å²) in [6.07, 6.45) is 4.96. The summed E-state index contributed by atoms with van der Waals surface area (Å²) in [5, 5.41) is 7.95. The number of para-hydroxylation sites is 1. The van der Waals surface area contributed by atoms with Gasteiger partial charge < -0.3 is 19.6 Å². The number of rotatable bonds is 7. The molecule has 3 rings (SSSR count). The molecule has 0 unspecified atom stereocenters. The number of halogens is 1. The largest absolute Gasteiger partial charge is 0.443 e. The van der Waals surface area contributed by atoms with Crippen LogP contribution in [0, 0.1) is 0 Å². The van der Waals surface area contributed by atoms with Crippen LogP contribution in [0.5, 0.6) is 0 Å². The van der Waals surface area contributed by atoms with E-state index in [1.54, 1.807) is 6.20 Å². The van der Waals surface area contributed by atoms with E-state index in [4.69, 9.17) is 4.42 Å². The Labute approximate surface area is 190 Å². The van der Waals surface area contributed by atoms with Gasteiger partial charge in [0.1, 0.15) is 12.3 Å². The van der Waals surface area contributed by atoms with Gasteiger partial charge in [0.2, 0.25) is 5.89 Å². The summed E-state index contributed by atoms with van der Waals surface area (Å²) in [4.78, 5) is 8.94. The van der Waals surface area contributed by atoms with E-state index in [0.717, 1.165) is 37.8 Å². The van der Waals surface area contributed by atoms with E-state index >= 15 is 0 Å². The lowest BCUT2D eigenvalue weighted by Gasteiger charge is -2.13. The molecule has 0 aliphatic carbocycles. The molecule has 29 heavy (non-hydrogen) atoms. The topological polar surface area (TPSA) is 67.4 Å². The zero-order valence-electron chi connectivity index (χ0n) is 17.7. The molecule has 0 saturated heterocycles. The van der Waals surface area contributed by atoms with Gasteiger partial charge >= 0.3 is 0 Å². The van der Waals surface area contributed by atoms with E-state index in [-0.39, 0.29) is 29.4 Å². The molecule has 1 aromatic carbocycles. The molecule has 0 amide bonds. The molecule has 3 aromatic rings. The molecular formula is C22H32IN5O. The van der Waals surface area contributed by atoms with Gasteiger partial charge in [-0.1, -0.05) is 39.0 Å². The number of oxazole rings is 1. The summed E-state index contributed by atoms with van der Waals surface area (Å²) >= 11 is 0. The highest BCUT2D eigenvalue weighted by Gasteiger charge is 2.19. The Balaban J connectivity index is 0.00000300. The molecule has 0 atom stereocenters. The minimum atomic E-state index is -0.0413. The van der Waals surface area contributed by atoms with Crippen LogP contribution >= 0.6 is 24.0 Å². The van der Waals surface area contributed by atoms with Crippen LogP contribution in [0.3, 0.4) is 0 Å². The van der Waals surface area contributed by atoms with Crippen molar-refractivity contribution in [2.45, 2.75) is 52.6 Å². The summed E-state index contributed by atoms with van der Waals surface area (Å²) in [5.74, 6) is 2.31. The van der Waals surface area contributed by atoms with Crippen molar-refractivity contribution in [3.8, 4) is 0 Å². The first-order valence-corrected chi connectivity index (χ1v) is 9.98. The van der Waals surface area contributed by atoms with Crippen molar-refractivity contribution in [2.75, 3.05) is 13.1 Å². The monoisotopic (exact) mass is 509 g/mol. The zero-order valence-corrected chi connectivity index (χ0v) is 20.1. The van der Waals surface area contributed by atoms with Crippen LogP contribution in [0.2, 0.25) is 0 Å². The lowest BCUT2D eigenvalue weighted by atomic mass is 9.94. The smallest absolute Gasteiger partial charge is 0.216 e. The first-order chi connectivity index (χ1) is 13.5. The predicted octanol–water partition coefficient (Wildman–Crippen LogP) is 4.69. The number of nitrogens with one attached hydrogen (secondary N) is 2. The first-order valence-electron chi connectivity index (χ1n) is 9.98. The van der Waals surface area contributed by atoms with Gasteiger partial charge in [0.05, 0.1) is 6.20 Å². The normalized spacial score (nSPS) is 12.1. The minimum absolute atomic E-state index is 0. The Morgan fingerprint density at radius 1 is 1.17 bits per heavy atom. The Morgan fingerprint density at radius 2 is 1.97 bits per heavy atom. The third-order valence-electron chi connectivity index (χ3n) is 4.56. The Bertz CT molecular complexity index is 923. The van der Waals surface area contributed by atoms with Crippen molar-refractivity contribution >= 4 is 40.8 Å². The van der Waals surface area contributed by atoms with Gasteiger partial charge in [0.25, 0.3) is 0 Å². The molecule has 2 aromatic heterocycles. The molecule has 2 N–H and O–H groups in total. The summed E-state index contributed by atoms with van der Waals surface area (Å²) < 4.78 is 8.11. The number of aliphatic imine (C=N–C) groups is 1. The first kappa shape index (κ1) is 23.3. The maximum atomic E-state index is 5.82. The van der Waals surface area contributed by atoms with Crippen molar-refractivity contribution in [3.63, 3.8) is 0 Å². The number of benzene rings is 1. The van der Waals surface area contributed by atoms with Crippen molar-refractivity contribution in [3.05, 3.63) is 54.4 Å². The molecule has 0 saturated carbocycles. The van der Waals surface area contributed by atoms with Gasteiger partial charge in [-0.05, 0) is 30.9 Å². The van der Waals surface area contributed by atoms with E-state index in [1.165, 1.54) is 10.9 Å². The summed E-state index contributed by atoms with van der Waals surface area (Å²) in [5.41, 5.74) is 1.24. The van der Waals surface area contributed by atoms with E-state index in [0.29, 0.717) is 12.4 Å².